The molecule has 80 valence electrons. The summed E-state index contributed by atoms with van der Waals surface area (Å²) >= 11 is 0. The van der Waals surface area contributed by atoms with Crippen molar-refractivity contribution in [1.82, 2.24) is 4.98 Å². The van der Waals surface area contributed by atoms with Crippen LogP contribution in [0, 0.1) is 0 Å². The first-order valence-electron chi connectivity index (χ1n) is 5.16. The van der Waals surface area contributed by atoms with Crippen LogP contribution < -0.4 is 5.76 Å². The number of hydrogen-bond acceptors (Lipinski definition) is 2. The molecule has 1 aromatic carbocycles. The number of aromatic amines is 1. The van der Waals surface area contributed by atoms with Crippen LogP contribution in [0.2, 0.25) is 0 Å². The van der Waals surface area contributed by atoms with Gasteiger partial charge in [-0.1, -0.05) is 26.8 Å². The van der Waals surface area contributed by atoms with Crippen LogP contribution in [-0.4, -0.2) is 4.98 Å². The number of rotatable bonds is 2. The normalized spacial score (nSPS) is 12.2. The molecule has 0 aliphatic rings. The average molecular weight is 205 g/mol. The summed E-state index contributed by atoms with van der Waals surface area (Å²) in [5.74, 6) is -0.392. The Balaban J connectivity index is 2.60. The highest BCUT2D eigenvalue weighted by Gasteiger charge is 2.18. The van der Waals surface area contributed by atoms with Crippen LogP contribution in [0.25, 0.3) is 11.1 Å². The second kappa shape index (κ2) is 3.26. The molecule has 0 atom stereocenters. The highest BCUT2D eigenvalue weighted by atomic mass is 16.4. The highest BCUT2D eigenvalue weighted by molar-refractivity contribution is 5.73. The molecule has 2 aromatic rings. The largest absolute Gasteiger partial charge is 0.417 e. The Labute approximate surface area is 88.1 Å². The summed E-state index contributed by atoms with van der Waals surface area (Å²) < 4.78 is 5.04. The topological polar surface area (TPSA) is 46.0 Å². The van der Waals surface area contributed by atoms with E-state index in [0.717, 1.165) is 11.9 Å². The standard InChI is InChI=1S/C12H15NO2/c1-4-12(2,3)8-5-6-9-10(7-8)15-11(14)13-9/h5-7H,4H2,1-3H3,(H,13,14). The van der Waals surface area contributed by atoms with Crippen molar-refractivity contribution in [3.63, 3.8) is 0 Å². The van der Waals surface area contributed by atoms with Gasteiger partial charge in [0, 0.05) is 0 Å². The fourth-order valence-electron chi connectivity index (χ4n) is 1.57. The third kappa shape index (κ3) is 1.69. The molecule has 0 aliphatic carbocycles. The zero-order chi connectivity index (χ0) is 11.1. The summed E-state index contributed by atoms with van der Waals surface area (Å²) in [6, 6.07) is 5.88. The van der Waals surface area contributed by atoms with Crippen molar-refractivity contribution in [3.8, 4) is 0 Å². The number of benzene rings is 1. The fourth-order valence-corrected chi connectivity index (χ4v) is 1.57. The molecule has 0 saturated carbocycles. The Morgan fingerprint density at radius 1 is 1.40 bits per heavy atom. The fraction of sp³-hybridized carbons (Fsp3) is 0.417. The van der Waals surface area contributed by atoms with Gasteiger partial charge in [0.25, 0.3) is 0 Å². The quantitative estimate of drug-likeness (QED) is 0.819. The number of nitrogens with one attached hydrogen (secondary N) is 1. The molecule has 1 aromatic heterocycles. The minimum Gasteiger partial charge on any atom is -0.408 e. The first kappa shape index (κ1) is 10.0. The van der Waals surface area contributed by atoms with E-state index in [0.29, 0.717) is 5.58 Å². The van der Waals surface area contributed by atoms with Gasteiger partial charge in [-0.05, 0) is 29.5 Å². The molecule has 0 bridgehead atoms. The Bertz CT molecular complexity index is 534. The van der Waals surface area contributed by atoms with E-state index in [1.165, 1.54) is 5.56 Å². The van der Waals surface area contributed by atoms with Gasteiger partial charge >= 0.3 is 5.76 Å². The molecule has 1 N–H and O–H groups in total. The van der Waals surface area contributed by atoms with Crippen molar-refractivity contribution in [2.45, 2.75) is 32.6 Å². The maximum absolute atomic E-state index is 11.0. The van der Waals surface area contributed by atoms with E-state index in [2.05, 4.69) is 25.8 Å². The summed E-state index contributed by atoms with van der Waals surface area (Å²) in [6.07, 6.45) is 1.05. The molecular formula is C12H15NO2. The zero-order valence-corrected chi connectivity index (χ0v) is 9.26. The van der Waals surface area contributed by atoms with Crippen LogP contribution in [0.15, 0.2) is 27.4 Å². The van der Waals surface area contributed by atoms with Crippen LogP contribution in [0.1, 0.15) is 32.8 Å². The predicted molar refractivity (Wildman–Crippen MR) is 60.2 cm³/mol. The molecule has 0 spiro atoms. The van der Waals surface area contributed by atoms with Gasteiger partial charge in [0.1, 0.15) is 0 Å². The molecule has 0 amide bonds. The second-order valence-electron chi connectivity index (χ2n) is 4.46. The van der Waals surface area contributed by atoms with Crippen molar-refractivity contribution in [2.24, 2.45) is 0 Å². The first-order chi connectivity index (χ1) is 7.03. The van der Waals surface area contributed by atoms with E-state index in [9.17, 15) is 4.79 Å². The molecule has 3 nitrogen and oxygen atoms in total. The molecule has 3 heteroatoms. The molecule has 15 heavy (non-hydrogen) atoms. The molecule has 0 fully saturated rings. The van der Waals surface area contributed by atoms with Gasteiger partial charge in [-0.15, -0.1) is 0 Å². The number of hydrogen-bond donors (Lipinski definition) is 1. The minimum absolute atomic E-state index is 0.115. The molecule has 0 aliphatic heterocycles. The van der Waals surface area contributed by atoms with Crippen LogP contribution in [0.3, 0.4) is 0 Å². The lowest BCUT2D eigenvalue weighted by atomic mass is 9.82. The lowest BCUT2D eigenvalue weighted by molar-refractivity contribution is 0.504. The second-order valence-corrected chi connectivity index (χ2v) is 4.46. The third-order valence-corrected chi connectivity index (χ3v) is 3.09. The van der Waals surface area contributed by atoms with Gasteiger partial charge in [0.05, 0.1) is 5.52 Å². The van der Waals surface area contributed by atoms with Gasteiger partial charge < -0.3 is 4.42 Å². The summed E-state index contributed by atoms with van der Waals surface area (Å²) in [5.41, 5.74) is 2.71. The van der Waals surface area contributed by atoms with Gasteiger partial charge in [0.2, 0.25) is 0 Å². The minimum atomic E-state index is -0.392. The molecule has 0 radical (unpaired) electrons. The maximum atomic E-state index is 11.0. The lowest BCUT2D eigenvalue weighted by Crippen LogP contribution is -2.14. The molecule has 0 saturated heterocycles. The van der Waals surface area contributed by atoms with Crippen molar-refractivity contribution in [2.75, 3.05) is 0 Å². The molecule has 0 unspecified atom stereocenters. The van der Waals surface area contributed by atoms with Crippen LogP contribution in [0.4, 0.5) is 0 Å². The third-order valence-electron chi connectivity index (χ3n) is 3.09. The monoisotopic (exact) mass is 205 g/mol. The van der Waals surface area contributed by atoms with Crippen molar-refractivity contribution in [3.05, 3.63) is 34.3 Å². The van der Waals surface area contributed by atoms with E-state index in [4.69, 9.17) is 4.42 Å². The number of fused-ring (bicyclic) bond motifs is 1. The number of aromatic nitrogens is 1. The number of H-pyrrole nitrogens is 1. The van der Waals surface area contributed by atoms with Crippen molar-refractivity contribution in [1.29, 1.82) is 0 Å². The summed E-state index contributed by atoms with van der Waals surface area (Å²) in [5, 5.41) is 0. The molecule has 2 rings (SSSR count). The van der Waals surface area contributed by atoms with Gasteiger partial charge in [0.15, 0.2) is 5.58 Å². The lowest BCUT2D eigenvalue weighted by Gasteiger charge is -2.22. The summed E-state index contributed by atoms with van der Waals surface area (Å²) in [6.45, 7) is 6.51. The average Bonchev–Trinajstić information content (AvgIpc) is 2.56. The van der Waals surface area contributed by atoms with Crippen molar-refractivity contribution < 1.29 is 4.42 Å². The Hall–Kier alpha value is -1.51. The Kier molecular flexibility index (Phi) is 2.18. The van der Waals surface area contributed by atoms with E-state index < -0.39 is 5.76 Å². The van der Waals surface area contributed by atoms with E-state index in [1.807, 2.05) is 18.2 Å². The number of oxazole rings is 1. The maximum Gasteiger partial charge on any atom is 0.417 e. The SMILES string of the molecule is CCC(C)(C)c1ccc2[nH]c(=O)oc2c1. The first-order valence-corrected chi connectivity index (χ1v) is 5.16. The van der Waals surface area contributed by atoms with Gasteiger partial charge in [-0.25, -0.2) is 4.79 Å². The van der Waals surface area contributed by atoms with E-state index >= 15 is 0 Å². The van der Waals surface area contributed by atoms with Crippen molar-refractivity contribution >= 4 is 11.1 Å². The smallest absolute Gasteiger partial charge is 0.408 e. The summed E-state index contributed by atoms with van der Waals surface area (Å²) in [4.78, 5) is 13.6. The van der Waals surface area contributed by atoms with Gasteiger partial charge in [-0.2, -0.15) is 0 Å². The summed E-state index contributed by atoms with van der Waals surface area (Å²) in [7, 11) is 0. The Morgan fingerprint density at radius 2 is 2.13 bits per heavy atom. The highest BCUT2D eigenvalue weighted by Crippen LogP contribution is 2.28. The molecular weight excluding hydrogens is 190 g/mol. The Morgan fingerprint density at radius 3 is 2.80 bits per heavy atom. The van der Waals surface area contributed by atoms with Crippen LogP contribution in [0.5, 0.6) is 0 Å². The van der Waals surface area contributed by atoms with Crippen LogP contribution in [-0.2, 0) is 5.41 Å². The zero-order valence-electron chi connectivity index (χ0n) is 9.26. The van der Waals surface area contributed by atoms with E-state index in [-0.39, 0.29) is 5.41 Å². The molecule has 1 heterocycles. The van der Waals surface area contributed by atoms with Crippen LogP contribution >= 0.6 is 0 Å². The van der Waals surface area contributed by atoms with E-state index in [1.54, 1.807) is 0 Å². The predicted octanol–water partition coefficient (Wildman–Crippen LogP) is 2.81. The van der Waals surface area contributed by atoms with Gasteiger partial charge in [-0.3, -0.25) is 4.98 Å².